The summed E-state index contributed by atoms with van der Waals surface area (Å²) in [6, 6.07) is 0. The van der Waals surface area contributed by atoms with Crippen molar-refractivity contribution in [3.63, 3.8) is 0 Å². The molecule has 0 heterocycles. The molecule has 0 rings (SSSR count). The molecular formula is C7H9O2-. The Labute approximate surface area is 54.5 Å². The summed E-state index contributed by atoms with van der Waals surface area (Å²) in [5, 5.41) is 9.74. The first-order chi connectivity index (χ1) is 4.27. The van der Waals surface area contributed by atoms with Crippen molar-refractivity contribution in [2.75, 3.05) is 0 Å². The molecule has 0 amide bonds. The Morgan fingerprint density at radius 1 is 1.56 bits per heavy atom. The summed E-state index contributed by atoms with van der Waals surface area (Å²) in [6.45, 7) is 3.48. The van der Waals surface area contributed by atoms with Crippen molar-refractivity contribution in [1.29, 1.82) is 0 Å². The molecule has 0 unspecified atom stereocenters. The van der Waals surface area contributed by atoms with Crippen LogP contribution in [0.3, 0.4) is 0 Å². The van der Waals surface area contributed by atoms with E-state index < -0.39 is 5.97 Å². The molecule has 9 heavy (non-hydrogen) atoms. The van der Waals surface area contributed by atoms with Crippen LogP contribution < -0.4 is 5.11 Å². The quantitative estimate of drug-likeness (QED) is 0.307. The second-order valence-corrected chi connectivity index (χ2v) is 1.59. The summed E-state index contributed by atoms with van der Waals surface area (Å²) in [4.78, 5) is 9.74. The van der Waals surface area contributed by atoms with Gasteiger partial charge in [0.2, 0.25) is 0 Å². The molecule has 2 nitrogen and oxygen atoms in total. The molecule has 0 aromatic heterocycles. The minimum Gasteiger partial charge on any atom is -0.545 e. The minimum absolute atomic E-state index is 0.720. The Kier molecular flexibility index (Phi) is 4.50. The van der Waals surface area contributed by atoms with Crippen LogP contribution in [0.2, 0.25) is 0 Å². The van der Waals surface area contributed by atoms with Crippen molar-refractivity contribution in [1.82, 2.24) is 0 Å². The highest BCUT2D eigenvalue weighted by Crippen LogP contribution is 1.89. The Morgan fingerprint density at radius 2 is 2.22 bits per heavy atom. The van der Waals surface area contributed by atoms with Crippen LogP contribution in [0.5, 0.6) is 0 Å². The molecular weight excluding hydrogens is 116 g/mol. The average Bonchev–Trinajstić information content (AvgIpc) is 1.80. The SMILES string of the molecule is C=CCC/C=C/C(=O)[O-]. The van der Waals surface area contributed by atoms with E-state index in [0.29, 0.717) is 0 Å². The van der Waals surface area contributed by atoms with Gasteiger partial charge in [0.15, 0.2) is 0 Å². The van der Waals surface area contributed by atoms with Crippen LogP contribution in [0.15, 0.2) is 24.8 Å². The van der Waals surface area contributed by atoms with Gasteiger partial charge in [-0.25, -0.2) is 0 Å². The van der Waals surface area contributed by atoms with E-state index in [2.05, 4.69) is 6.58 Å². The molecule has 0 aliphatic carbocycles. The molecule has 50 valence electrons. The van der Waals surface area contributed by atoms with Crippen LogP contribution in [0.25, 0.3) is 0 Å². The van der Waals surface area contributed by atoms with E-state index in [1.165, 1.54) is 0 Å². The lowest BCUT2D eigenvalue weighted by Crippen LogP contribution is -2.18. The number of carbonyl (C=O) groups is 1. The number of aliphatic carboxylic acids is 1. The lowest BCUT2D eigenvalue weighted by Gasteiger charge is -1.88. The van der Waals surface area contributed by atoms with Crippen molar-refractivity contribution in [2.24, 2.45) is 0 Å². The van der Waals surface area contributed by atoms with Crippen LogP contribution in [0.4, 0.5) is 0 Å². The summed E-state index contributed by atoms with van der Waals surface area (Å²) < 4.78 is 0. The van der Waals surface area contributed by atoms with E-state index in [4.69, 9.17) is 0 Å². The van der Waals surface area contributed by atoms with Gasteiger partial charge in [-0.3, -0.25) is 0 Å². The van der Waals surface area contributed by atoms with Crippen molar-refractivity contribution in [3.05, 3.63) is 24.8 Å². The molecule has 0 saturated heterocycles. The van der Waals surface area contributed by atoms with Gasteiger partial charge in [0.25, 0.3) is 0 Å². The number of carboxylic acid groups (broad SMARTS) is 1. The largest absolute Gasteiger partial charge is 0.545 e. The summed E-state index contributed by atoms with van der Waals surface area (Å²) in [7, 11) is 0. The molecule has 0 aromatic rings. The lowest BCUT2D eigenvalue weighted by molar-refractivity contribution is -0.297. The van der Waals surface area contributed by atoms with Crippen LogP contribution in [0.1, 0.15) is 12.8 Å². The summed E-state index contributed by atoms with van der Waals surface area (Å²) >= 11 is 0. The first-order valence-electron chi connectivity index (χ1n) is 2.76. The predicted molar refractivity (Wildman–Crippen MR) is 33.6 cm³/mol. The van der Waals surface area contributed by atoms with Crippen LogP contribution >= 0.6 is 0 Å². The maximum absolute atomic E-state index is 9.74. The first-order valence-corrected chi connectivity index (χ1v) is 2.76. The van der Waals surface area contributed by atoms with Gasteiger partial charge >= 0.3 is 0 Å². The highest BCUT2D eigenvalue weighted by Gasteiger charge is 1.73. The number of rotatable bonds is 4. The molecule has 0 aliphatic rings. The highest BCUT2D eigenvalue weighted by molar-refractivity contribution is 5.77. The Morgan fingerprint density at radius 3 is 2.67 bits per heavy atom. The number of unbranched alkanes of at least 4 members (excludes halogenated alkanes) is 1. The maximum Gasteiger partial charge on any atom is 0.0639 e. The van der Waals surface area contributed by atoms with Crippen LogP contribution in [-0.2, 0) is 4.79 Å². The van der Waals surface area contributed by atoms with Gasteiger partial charge in [-0.2, -0.15) is 0 Å². The topological polar surface area (TPSA) is 40.1 Å². The Hall–Kier alpha value is -1.05. The molecule has 0 aliphatic heterocycles. The zero-order valence-corrected chi connectivity index (χ0v) is 5.17. The van der Waals surface area contributed by atoms with E-state index in [1.54, 1.807) is 12.2 Å². The predicted octanol–water partition coefficient (Wildman–Crippen LogP) is 0.259. The standard InChI is InChI=1S/C7H10O2/c1-2-3-4-5-6-7(8)9/h2,5-6H,1,3-4H2,(H,8,9)/p-1/b6-5+. The van der Waals surface area contributed by atoms with E-state index in [9.17, 15) is 9.90 Å². The Bertz CT molecular complexity index is 125. The second kappa shape index (κ2) is 5.09. The fraction of sp³-hybridized carbons (Fsp3) is 0.286. The number of carboxylic acids is 1. The van der Waals surface area contributed by atoms with E-state index in [-0.39, 0.29) is 0 Å². The van der Waals surface area contributed by atoms with E-state index in [0.717, 1.165) is 18.9 Å². The monoisotopic (exact) mass is 125 g/mol. The lowest BCUT2D eigenvalue weighted by atomic mass is 10.3. The number of hydrogen-bond acceptors (Lipinski definition) is 2. The van der Waals surface area contributed by atoms with Crippen LogP contribution in [-0.4, -0.2) is 5.97 Å². The van der Waals surface area contributed by atoms with Crippen molar-refractivity contribution in [2.45, 2.75) is 12.8 Å². The van der Waals surface area contributed by atoms with Gasteiger partial charge in [-0.1, -0.05) is 12.2 Å². The molecule has 0 atom stereocenters. The van der Waals surface area contributed by atoms with Crippen molar-refractivity contribution in [3.8, 4) is 0 Å². The third-order valence-electron chi connectivity index (χ3n) is 0.791. The van der Waals surface area contributed by atoms with Crippen LogP contribution in [0, 0.1) is 0 Å². The second-order valence-electron chi connectivity index (χ2n) is 1.59. The zero-order valence-electron chi connectivity index (χ0n) is 5.17. The molecule has 0 N–H and O–H groups in total. The van der Waals surface area contributed by atoms with E-state index in [1.807, 2.05) is 0 Å². The van der Waals surface area contributed by atoms with Gasteiger partial charge < -0.3 is 9.90 Å². The van der Waals surface area contributed by atoms with Crippen molar-refractivity contribution < 1.29 is 9.90 Å². The molecule has 0 bridgehead atoms. The first kappa shape index (κ1) is 7.95. The zero-order chi connectivity index (χ0) is 7.11. The minimum atomic E-state index is -1.14. The molecule has 0 fully saturated rings. The van der Waals surface area contributed by atoms with Gasteiger partial charge in [0.05, 0.1) is 5.97 Å². The fourth-order valence-electron chi connectivity index (χ4n) is 0.394. The van der Waals surface area contributed by atoms with Crippen molar-refractivity contribution >= 4 is 5.97 Å². The highest BCUT2D eigenvalue weighted by atomic mass is 16.4. The number of hydrogen-bond donors (Lipinski definition) is 0. The average molecular weight is 125 g/mol. The third-order valence-corrected chi connectivity index (χ3v) is 0.791. The maximum atomic E-state index is 9.74. The molecule has 0 saturated carbocycles. The Balaban J connectivity index is 3.24. The van der Waals surface area contributed by atoms with Gasteiger partial charge in [0.1, 0.15) is 0 Å². The van der Waals surface area contributed by atoms with Gasteiger partial charge in [-0.05, 0) is 18.9 Å². The molecule has 0 radical (unpaired) electrons. The molecule has 0 aromatic carbocycles. The van der Waals surface area contributed by atoms with E-state index >= 15 is 0 Å². The van der Waals surface area contributed by atoms with Gasteiger partial charge in [0, 0.05) is 0 Å². The molecule has 0 spiro atoms. The smallest absolute Gasteiger partial charge is 0.0639 e. The normalized spacial score (nSPS) is 9.78. The number of carbonyl (C=O) groups excluding carboxylic acids is 1. The van der Waals surface area contributed by atoms with Gasteiger partial charge in [-0.15, -0.1) is 6.58 Å². The number of allylic oxidation sites excluding steroid dienone is 2. The fourth-order valence-corrected chi connectivity index (χ4v) is 0.394. The summed E-state index contributed by atoms with van der Waals surface area (Å²) in [6.07, 6.45) is 5.85. The summed E-state index contributed by atoms with van der Waals surface area (Å²) in [5.74, 6) is -1.14. The molecule has 2 heteroatoms. The summed E-state index contributed by atoms with van der Waals surface area (Å²) in [5.41, 5.74) is 0. The third kappa shape index (κ3) is 6.95.